The molecule has 2 bridgehead atoms. The monoisotopic (exact) mass is 453 g/mol. The summed E-state index contributed by atoms with van der Waals surface area (Å²) in [6.45, 7) is 8.10. The molecule has 1 saturated carbocycles. The van der Waals surface area contributed by atoms with Gasteiger partial charge in [-0.1, -0.05) is 11.6 Å². The summed E-state index contributed by atoms with van der Waals surface area (Å²) in [6.07, 6.45) is 4.05. The van der Waals surface area contributed by atoms with Crippen LogP contribution in [0, 0.1) is 18.8 Å². The fourth-order valence-electron chi connectivity index (χ4n) is 4.79. The third-order valence-electron chi connectivity index (χ3n) is 6.35. The Labute approximate surface area is 193 Å². The first-order chi connectivity index (χ1) is 15.5. The van der Waals surface area contributed by atoms with Gasteiger partial charge in [-0.2, -0.15) is 4.98 Å². The molecule has 1 saturated heterocycles. The highest BCUT2D eigenvalue weighted by Gasteiger charge is 2.43. The summed E-state index contributed by atoms with van der Waals surface area (Å²) in [5.41, 5.74) is 0.999. The second-order valence-electron chi connectivity index (χ2n) is 9.00. The number of aromatic nitrogens is 5. The van der Waals surface area contributed by atoms with E-state index in [1.54, 1.807) is 18.5 Å². The Balaban J connectivity index is 1.31. The van der Waals surface area contributed by atoms with Crippen molar-refractivity contribution in [2.45, 2.75) is 45.7 Å². The number of halogens is 1. The van der Waals surface area contributed by atoms with Gasteiger partial charge >= 0.3 is 6.01 Å². The summed E-state index contributed by atoms with van der Waals surface area (Å²) in [5.74, 6) is 3.37. The Morgan fingerprint density at radius 1 is 1.09 bits per heavy atom. The number of nitrogens with zero attached hydrogens (tertiary/aromatic N) is 6. The Hall–Kier alpha value is -2.87. The third kappa shape index (κ3) is 4.24. The molecule has 3 aromatic rings. The van der Waals surface area contributed by atoms with Crippen molar-refractivity contribution in [3.05, 3.63) is 47.4 Å². The summed E-state index contributed by atoms with van der Waals surface area (Å²) in [6, 6.07) is 10.3. The van der Waals surface area contributed by atoms with E-state index in [2.05, 4.69) is 45.1 Å². The molecule has 1 aliphatic carbocycles. The first kappa shape index (κ1) is 21.0. The number of aryl methyl sites for hydroxylation is 1. The minimum atomic E-state index is 0.125. The number of fused-ring (bicyclic) bond motifs is 2. The maximum absolute atomic E-state index is 6.02. The van der Waals surface area contributed by atoms with Crippen LogP contribution in [0.2, 0.25) is 5.02 Å². The molecule has 2 aromatic heterocycles. The van der Waals surface area contributed by atoms with Gasteiger partial charge in [0.15, 0.2) is 0 Å². The number of rotatable bonds is 6. The second-order valence-corrected chi connectivity index (χ2v) is 9.44. The molecule has 3 atom stereocenters. The van der Waals surface area contributed by atoms with E-state index >= 15 is 0 Å². The molecule has 168 valence electrons. The van der Waals surface area contributed by atoms with Gasteiger partial charge in [0, 0.05) is 35.9 Å². The van der Waals surface area contributed by atoms with Crippen LogP contribution in [0.4, 0.5) is 11.8 Å². The summed E-state index contributed by atoms with van der Waals surface area (Å²) in [4.78, 5) is 15.8. The molecule has 0 amide bonds. The molecular weight excluding hydrogens is 426 g/mol. The topological polar surface area (TPSA) is 81.0 Å². The lowest BCUT2D eigenvalue weighted by Crippen LogP contribution is -2.48. The standard InChI is InChI=1S/C23H28ClN7O/c1-14(2)31-23(32-19-8-6-18(24)7-9-19)28-22(29-31)27-21-16-4-5-17(21)12-30(11-16)20-10-15(3)25-13-26-20/h6-10,13-14,16-17,21H,4-5,11-12H2,1-3H3,(H,27,29)/t16-,17+,21+. The van der Waals surface area contributed by atoms with Gasteiger partial charge in [-0.05, 0) is 69.7 Å². The predicted octanol–water partition coefficient (Wildman–Crippen LogP) is 4.73. The van der Waals surface area contributed by atoms with E-state index in [9.17, 15) is 0 Å². The Bertz CT molecular complexity index is 1070. The molecule has 32 heavy (non-hydrogen) atoms. The predicted molar refractivity (Wildman–Crippen MR) is 125 cm³/mol. The molecule has 8 nitrogen and oxygen atoms in total. The van der Waals surface area contributed by atoms with Crippen LogP contribution in [0.5, 0.6) is 11.8 Å². The van der Waals surface area contributed by atoms with Crippen molar-refractivity contribution in [3.63, 3.8) is 0 Å². The molecule has 9 heteroatoms. The zero-order chi connectivity index (χ0) is 22.2. The van der Waals surface area contributed by atoms with Crippen LogP contribution in [-0.4, -0.2) is 43.9 Å². The number of benzene rings is 1. The first-order valence-electron chi connectivity index (χ1n) is 11.2. The molecule has 3 heterocycles. The quantitative estimate of drug-likeness (QED) is 0.577. The number of piperidine rings is 1. The number of hydrogen-bond donors (Lipinski definition) is 1. The Morgan fingerprint density at radius 2 is 1.81 bits per heavy atom. The van der Waals surface area contributed by atoms with E-state index in [1.807, 2.05) is 23.7 Å². The van der Waals surface area contributed by atoms with Crippen LogP contribution >= 0.6 is 11.6 Å². The van der Waals surface area contributed by atoms with Crippen LogP contribution in [-0.2, 0) is 0 Å². The van der Waals surface area contributed by atoms with E-state index in [1.165, 1.54) is 12.8 Å². The molecule has 1 aromatic carbocycles. The van der Waals surface area contributed by atoms with E-state index in [4.69, 9.17) is 21.4 Å². The van der Waals surface area contributed by atoms with Crippen molar-refractivity contribution in [2.24, 2.45) is 11.8 Å². The van der Waals surface area contributed by atoms with Crippen LogP contribution in [0.1, 0.15) is 38.4 Å². The third-order valence-corrected chi connectivity index (χ3v) is 6.61. The molecule has 2 aliphatic rings. The SMILES string of the molecule is Cc1cc(N2C[C@H]3CC[C@@H](C2)[C@H]3Nc2nc(Oc3ccc(Cl)cc3)n(C(C)C)n2)ncn1. The molecule has 1 N–H and O–H groups in total. The zero-order valence-electron chi connectivity index (χ0n) is 18.6. The van der Waals surface area contributed by atoms with E-state index in [0.717, 1.165) is 24.6 Å². The van der Waals surface area contributed by atoms with Gasteiger partial charge in [-0.25, -0.2) is 14.6 Å². The molecule has 2 fully saturated rings. The Morgan fingerprint density at radius 3 is 2.47 bits per heavy atom. The van der Waals surface area contributed by atoms with Crippen molar-refractivity contribution >= 4 is 23.4 Å². The fourth-order valence-corrected chi connectivity index (χ4v) is 4.92. The number of nitrogens with one attached hydrogen (secondary N) is 1. The first-order valence-corrected chi connectivity index (χ1v) is 11.5. The van der Waals surface area contributed by atoms with Crippen molar-refractivity contribution < 1.29 is 4.74 Å². The van der Waals surface area contributed by atoms with E-state index < -0.39 is 0 Å². The van der Waals surface area contributed by atoms with Crippen LogP contribution in [0.25, 0.3) is 0 Å². The van der Waals surface area contributed by atoms with Crippen molar-refractivity contribution in [3.8, 4) is 11.8 Å². The minimum absolute atomic E-state index is 0.125. The van der Waals surface area contributed by atoms with E-state index in [-0.39, 0.29) is 6.04 Å². The second kappa shape index (κ2) is 8.58. The molecular formula is C23H28ClN7O. The van der Waals surface area contributed by atoms with Gasteiger partial charge in [0.25, 0.3) is 0 Å². The maximum atomic E-state index is 6.02. The van der Waals surface area contributed by atoms with Crippen LogP contribution < -0.4 is 15.0 Å². The van der Waals surface area contributed by atoms with Crippen molar-refractivity contribution in [1.29, 1.82) is 0 Å². The van der Waals surface area contributed by atoms with Gasteiger partial charge in [0.05, 0.1) is 6.04 Å². The number of ether oxygens (including phenoxy) is 1. The highest BCUT2D eigenvalue weighted by atomic mass is 35.5. The Kier molecular flexibility index (Phi) is 5.63. The largest absolute Gasteiger partial charge is 0.424 e. The van der Waals surface area contributed by atoms with Gasteiger partial charge in [0.2, 0.25) is 5.95 Å². The van der Waals surface area contributed by atoms with Crippen LogP contribution in [0.3, 0.4) is 0 Å². The zero-order valence-corrected chi connectivity index (χ0v) is 19.3. The fraction of sp³-hybridized carbons (Fsp3) is 0.478. The summed E-state index contributed by atoms with van der Waals surface area (Å²) >= 11 is 5.99. The molecule has 0 spiro atoms. The van der Waals surface area contributed by atoms with Crippen LogP contribution in [0.15, 0.2) is 36.7 Å². The van der Waals surface area contributed by atoms with Gasteiger partial charge in [-0.15, -0.1) is 5.10 Å². The molecule has 0 unspecified atom stereocenters. The lowest BCUT2D eigenvalue weighted by atomic mass is 9.92. The lowest BCUT2D eigenvalue weighted by molar-refractivity contribution is 0.373. The van der Waals surface area contributed by atoms with Gasteiger partial charge in [-0.3, -0.25) is 0 Å². The van der Waals surface area contributed by atoms with Crippen molar-refractivity contribution in [2.75, 3.05) is 23.3 Å². The van der Waals surface area contributed by atoms with Crippen molar-refractivity contribution in [1.82, 2.24) is 24.7 Å². The summed E-state index contributed by atoms with van der Waals surface area (Å²) in [5, 5.41) is 9.02. The average Bonchev–Trinajstić information content (AvgIpc) is 3.26. The van der Waals surface area contributed by atoms with Gasteiger partial charge < -0.3 is 15.0 Å². The maximum Gasteiger partial charge on any atom is 0.322 e. The molecule has 1 aliphatic heterocycles. The normalized spacial score (nSPS) is 22.4. The molecule has 5 rings (SSSR count). The highest BCUT2D eigenvalue weighted by Crippen LogP contribution is 2.40. The average molecular weight is 454 g/mol. The number of hydrogen-bond acceptors (Lipinski definition) is 7. The molecule has 0 radical (unpaired) electrons. The van der Waals surface area contributed by atoms with E-state index in [0.29, 0.717) is 40.6 Å². The minimum Gasteiger partial charge on any atom is -0.424 e. The highest BCUT2D eigenvalue weighted by molar-refractivity contribution is 6.30. The smallest absolute Gasteiger partial charge is 0.322 e. The summed E-state index contributed by atoms with van der Waals surface area (Å²) in [7, 11) is 0. The lowest BCUT2D eigenvalue weighted by Gasteiger charge is -2.38. The number of anilines is 2. The van der Waals surface area contributed by atoms with Gasteiger partial charge in [0.1, 0.15) is 17.9 Å². The summed E-state index contributed by atoms with van der Waals surface area (Å²) < 4.78 is 7.84.